The third kappa shape index (κ3) is 3.78. The second-order valence-corrected chi connectivity index (χ2v) is 7.44. The van der Waals surface area contributed by atoms with Gasteiger partial charge in [0.1, 0.15) is 0 Å². The van der Waals surface area contributed by atoms with Crippen LogP contribution in [0.1, 0.15) is 32.1 Å². The van der Waals surface area contributed by atoms with E-state index < -0.39 is 9.84 Å². The number of amides is 3. The van der Waals surface area contributed by atoms with E-state index in [1.54, 1.807) is 0 Å². The van der Waals surface area contributed by atoms with Crippen LogP contribution < -0.4 is 5.32 Å². The molecule has 0 spiro atoms. The van der Waals surface area contributed by atoms with Crippen LogP contribution in [0.15, 0.2) is 0 Å². The summed E-state index contributed by atoms with van der Waals surface area (Å²) in [5.74, 6) is -0.475. The number of hydrogen-bond acceptors (Lipinski definition) is 5. The summed E-state index contributed by atoms with van der Waals surface area (Å²) in [6.45, 7) is 0.258. The largest absolute Gasteiger partial charge is 0.352 e. The van der Waals surface area contributed by atoms with E-state index in [1.165, 1.54) is 4.90 Å². The topological polar surface area (TPSA) is 101 Å². The predicted octanol–water partition coefficient (Wildman–Crippen LogP) is -0.781. The lowest BCUT2D eigenvalue weighted by molar-refractivity contribution is -0.138. The zero-order valence-electron chi connectivity index (χ0n) is 11.1. The number of imide groups is 1. The molecular weight excluding hydrogens is 284 g/mol. The summed E-state index contributed by atoms with van der Waals surface area (Å²) in [5, 5.41) is 2.68. The van der Waals surface area contributed by atoms with Crippen molar-refractivity contribution >= 4 is 27.6 Å². The van der Waals surface area contributed by atoms with E-state index in [4.69, 9.17) is 0 Å². The highest BCUT2D eigenvalue weighted by Crippen LogP contribution is 2.13. The SMILES string of the molecule is O=C(CCCN1C(=O)CCC1=O)NC1CCS(=O)(=O)C1. The maximum absolute atomic E-state index is 11.7. The fraction of sp³-hybridized carbons (Fsp3) is 0.750. The molecule has 0 aromatic rings. The van der Waals surface area contributed by atoms with E-state index in [0.29, 0.717) is 12.8 Å². The van der Waals surface area contributed by atoms with Crippen molar-refractivity contribution in [3.8, 4) is 0 Å². The van der Waals surface area contributed by atoms with Crippen LogP contribution in [-0.2, 0) is 24.2 Å². The van der Waals surface area contributed by atoms with Gasteiger partial charge in [-0.25, -0.2) is 8.42 Å². The van der Waals surface area contributed by atoms with E-state index in [2.05, 4.69) is 5.32 Å². The molecule has 3 amide bonds. The maximum atomic E-state index is 11.7. The zero-order valence-corrected chi connectivity index (χ0v) is 11.9. The number of carbonyl (C=O) groups excluding carboxylic acids is 3. The average molecular weight is 302 g/mol. The van der Waals surface area contributed by atoms with E-state index >= 15 is 0 Å². The lowest BCUT2D eigenvalue weighted by Gasteiger charge is -2.14. The van der Waals surface area contributed by atoms with E-state index in [9.17, 15) is 22.8 Å². The normalized spacial score (nSPS) is 25.2. The van der Waals surface area contributed by atoms with Crippen LogP contribution in [0.4, 0.5) is 0 Å². The minimum Gasteiger partial charge on any atom is -0.352 e. The predicted molar refractivity (Wildman–Crippen MR) is 70.4 cm³/mol. The molecule has 0 bridgehead atoms. The molecule has 2 aliphatic rings. The van der Waals surface area contributed by atoms with Gasteiger partial charge in [-0.1, -0.05) is 0 Å². The van der Waals surface area contributed by atoms with Gasteiger partial charge in [-0.05, 0) is 12.8 Å². The number of carbonyl (C=O) groups is 3. The van der Waals surface area contributed by atoms with Gasteiger partial charge in [0, 0.05) is 31.8 Å². The summed E-state index contributed by atoms with van der Waals surface area (Å²) in [7, 11) is -3.00. The molecule has 2 fully saturated rings. The quantitative estimate of drug-likeness (QED) is 0.671. The van der Waals surface area contributed by atoms with Gasteiger partial charge in [0.05, 0.1) is 11.5 Å². The Kier molecular flexibility index (Phi) is 4.42. The van der Waals surface area contributed by atoms with Crippen molar-refractivity contribution in [1.29, 1.82) is 0 Å². The van der Waals surface area contributed by atoms with E-state index in [0.717, 1.165) is 0 Å². The molecule has 20 heavy (non-hydrogen) atoms. The second-order valence-electron chi connectivity index (χ2n) is 5.21. The highest BCUT2D eigenvalue weighted by atomic mass is 32.2. The smallest absolute Gasteiger partial charge is 0.229 e. The number of rotatable bonds is 5. The van der Waals surface area contributed by atoms with Crippen LogP contribution in [0.5, 0.6) is 0 Å². The minimum atomic E-state index is -3.00. The van der Waals surface area contributed by atoms with Crippen LogP contribution in [0.25, 0.3) is 0 Å². The van der Waals surface area contributed by atoms with Crippen LogP contribution >= 0.6 is 0 Å². The molecule has 1 N–H and O–H groups in total. The summed E-state index contributed by atoms with van der Waals surface area (Å²) in [5.41, 5.74) is 0. The Hall–Kier alpha value is -1.44. The zero-order chi connectivity index (χ0) is 14.8. The van der Waals surface area contributed by atoms with Gasteiger partial charge in [-0.2, -0.15) is 0 Å². The molecule has 8 heteroatoms. The van der Waals surface area contributed by atoms with Gasteiger partial charge in [-0.3, -0.25) is 19.3 Å². The van der Waals surface area contributed by atoms with Gasteiger partial charge in [0.15, 0.2) is 9.84 Å². The lowest BCUT2D eigenvalue weighted by atomic mass is 10.2. The van der Waals surface area contributed by atoms with Crippen LogP contribution in [0.2, 0.25) is 0 Å². The van der Waals surface area contributed by atoms with Crippen LogP contribution in [0, 0.1) is 0 Å². The summed E-state index contributed by atoms with van der Waals surface area (Å²) < 4.78 is 22.5. The third-order valence-electron chi connectivity index (χ3n) is 3.54. The molecular formula is C12H18N2O5S. The van der Waals surface area contributed by atoms with Gasteiger partial charge >= 0.3 is 0 Å². The first-order chi connectivity index (χ1) is 9.37. The molecule has 2 saturated heterocycles. The van der Waals surface area contributed by atoms with Crippen molar-refractivity contribution < 1.29 is 22.8 Å². The molecule has 0 aromatic carbocycles. The summed E-state index contributed by atoms with van der Waals surface area (Å²) in [6.07, 6.45) is 1.56. The van der Waals surface area contributed by atoms with Gasteiger partial charge in [-0.15, -0.1) is 0 Å². The fourth-order valence-corrected chi connectivity index (χ4v) is 4.15. The van der Waals surface area contributed by atoms with Crippen LogP contribution in [-0.4, -0.2) is 55.1 Å². The highest BCUT2D eigenvalue weighted by molar-refractivity contribution is 7.91. The lowest BCUT2D eigenvalue weighted by Crippen LogP contribution is -2.36. The van der Waals surface area contributed by atoms with Gasteiger partial charge in [0.2, 0.25) is 17.7 Å². The molecule has 7 nitrogen and oxygen atoms in total. The van der Waals surface area contributed by atoms with Crippen molar-refractivity contribution in [3.63, 3.8) is 0 Å². The average Bonchev–Trinajstić information content (AvgIpc) is 2.85. The molecule has 0 aromatic heterocycles. The second kappa shape index (κ2) is 5.90. The fourth-order valence-electron chi connectivity index (χ4n) is 2.48. The summed E-state index contributed by atoms with van der Waals surface area (Å²) in [6, 6.07) is -0.303. The van der Waals surface area contributed by atoms with Crippen molar-refractivity contribution in [2.45, 2.75) is 38.1 Å². The third-order valence-corrected chi connectivity index (χ3v) is 5.31. The number of nitrogens with zero attached hydrogens (tertiary/aromatic N) is 1. The molecule has 0 saturated carbocycles. The Morgan fingerprint density at radius 2 is 1.90 bits per heavy atom. The van der Waals surface area contributed by atoms with E-state index in [-0.39, 0.29) is 61.1 Å². The first-order valence-corrected chi connectivity index (χ1v) is 8.52. The Bertz CT molecular complexity index is 512. The molecule has 0 radical (unpaired) electrons. The van der Waals surface area contributed by atoms with Gasteiger partial charge in [0.25, 0.3) is 0 Å². The molecule has 2 aliphatic heterocycles. The van der Waals surface area contributed by atoms with Crippen molar-refractivity contribution in [2.75, 3.05) is 18.1 Å². The molecule has 1 atom stereocenters. The molecule has 2 rings (SSSR count). The van der Waals surface area contributed by atoms with Crippen molar-refractivity contribution in [2.24, 2.45) is 0 Å². The minimum absolute atomic E-state index is 0.00182. The Morgan fingerprint density at radius 3 is 2.45 bits per heavy atom. The number of hydrogen-bond donors (Lipinski definition) is 1. The van der Waals surface area contributed by atoms with Crippen molar-refractivity contribution in [1.82, 2.24) is 10.2 Å². The first kappa shape index (κ1) is 15.0. The standard InChI is InChI=1S/C12H18N2O5S/c15-10(13-9-5-7-20(18,19)8-9)2-1-6-14-11(16)3-4-12(14)17/h9H,1-8H2,(H,13,15). The van der Waals surface area contributed by atoms with Crippen molar-refractivity contribution in [3.05, 3.63) is 0 Å². The molecule has 1 unspecified atom stereocenters. The summed E-state index contributed by atoms with van der Waals surface area (Å²) in [4.78, 5) is 35.5. The molecule has 2 heterocycles. The summed E-state index contributed by atoms with van der Waals surface area (Å²) >= 11 is 0. The number of nitrogens with one attached hydrogen (secondary N) is 1. The highest BCUT2D eigenvalue weighted by Gasteiger charge is 2.30. The Morgan fingerprint density at radius 1 is 1.25 bits per heavy atom. The van der Waals surface area contributed by atoms with Gasteiger partial charge < -0.3 is 5.32 Å². The molecule has 112 valence electrons. The number of likely N-dealkylation sites (tertiary alicyclic amines) is 1. The molecule has 0 aliphatic carbocycles. The monoisotopic (exact) mass is 302 g/mol. The maximum Gasteiger partial charge on any atom is 0.229 e. The first-order valence-electron chi connectivity index (χ1n) is 6.70. The van der Waals surface area contributed by atoms with Crippen LogP contribution in [0.3, 0.4) is 0 Å². The Labute approximate surface area is 117 Å². The number of sulfone groups is 1. The Balaban J connectivity index is 1.68. The van der Waals surface area contributed by atoms with E-state index in [1.807, 2.05) is 0 Å².